The molecular formula is C14H10ClNO5. The number of hydrogen-bond donors (Lipinski definition) is 1. The minimum Gasteiger partial charge on any atom is -0.478 e. The smallest absolute Gasteiger partial charge is 0.335 e. The fourth-order valence-electron chi connectivity index (χ4n) is 1.68. The van der Waals surface area contributed by atoms with Gasteiger partial charge >= 0.3 is 11.7 Å². The third kappa shape index (κ3) is 3.29. The predicted octanol–water partition coefficient (Wildman–Crippen LogP) is 4.05. The molecule has 2 rings (SSSR count). The molecule has 0 fully saturated rings. The van der Waals surface area contributed by atoms with Crippen LogP contribution in [0, 0.1) is 17.0 Å². The van der Waals surface area contributed by atoms with Crippen LogP contribution in [0.25, 0.3) is 0 Å². The topological polar surface area (TPSA) is 89.7 Å². The van der Waals surface area contributed by atoms with Crippen molar-refractivity contribution in [2.24, 2.45) is 0 Å². The zero-order chi connectivity index (χ0) is 15.6. The molecule has 0 saturated carbocycles. The van der Waals surface area contributed by atoms with Gasteiger partial charge in [-0.2, -0.15) is 0 Å². The van der Waals surface area contributed by atoms with Crippen LogP contribution in [0.4, 0.5) is 5.69 Å². The number of ether oxygens (including phenoxy) is 1. The molecule has 21 heavy (non-hydrogen) atoms. The van der Waals surface area contributed by atoms with Crippen LogP contribution in [0.15, 0.2) is 36.4 Å². The Kier molecular flexibility index (Phi) is 4.09. The molecule has 0 amide bonds. The number of nitrogens with zero attached hydrogens (tertiary/aromatic N) is 1. The van der Waals surface area contributed by atoms with Crippen LogP contribution >= 0.6 is 11.6 Å². The fourth-order valence-corrected chi connectivity index (χ4v) is 1.84. The maximum Gasteiger partial charge on any atom is 0.335 e. The van der Waals surface area contributed by atoms with Crippen molar-refractivity contribution < 1.29 is 19.6 Å². The first kappa shape index (κ1) is 14.8. The fraction of sp³-hybridized carbons (Fsp3) is 0.0714. The van der Waals surface area contributed by atoms with Gasteiger partial charge in [-0.3, -0.25) is 10.1 Å². The monoisotopic (exact) mass is 307 g/mol. The highest BCUT2D eigenvalue weighted by Gasteiger charge is 2.19. The molecule has 0 aliphatic rings. The molecule has 0 saturated heterocycles. The molecule has 2 aromatic carbocycles. The van der Waals surface area contributed by atoms with Crippen LogP contribution in [0.5, 0.6) is 11.5 Å². The summed E-state index contributed by atoms with van der Waals surface area (Å²) in [6.07, 6.45) is 0. The molecule has 0 spiro atoms. The van der Waals surface area contributed by atoms with E-state index in [2.05, 4.69) is 0 Å². The molecule has 7 heteroatoms. The molecule has 0 heterocycles. The number of carboxylic acid groups (broad SMARTS) is 1. The van der Waals surface area contributed by atoms with E-state index in [-0.39, 0.29) is 11.3 Å². The van der Waals surface area contributed by atoms with Gasteiger partial charge in [0.05, 0.1) is 10.5 Å². The molecule has 0 aliphatic carbocycles. The van der Waals surface area contributed by atoms with Gasteiger partial charge in [-0.1, -0.05) is 17.7 Å². The summed E-state index contributed by atoms with van der Waals surface area (Å²) in [6, 6.07) is 8.37. The average Bonchev–Trinajstić information content (AvgIpc) is 2.42. The second-order valence-corrected chi connectivity index (χ2v) is 4.69. The number of carboxylic acids is 1. The summed E-state index contributed by atoms with van der Waals surface area (Å²) >= 11 is 5.86. The van der Waals surface area contributed by atoms with Crippen molar-refractivity contribution in [1.29, 1.82) is 0 Å². The van der Waals surface area contributed by atoms with E-state index in [9.17, 15) is 14.9 Å². The Hall–Kier alpha value is -2.60. The lowest BCUT2D eigenvalue weighted by atomic mass is 10.2. The van der Waals surface area contributed by atoms with Crippen LogP contribution in [0.3, 0.4) is 0 Å². The molecule has 0 bridgehead atoms. The first-order chi connectivity index (χ1) is 9.88. The highest BCUT2D eigenvalue weighted by molar-refractivity contribution is 6.30. The van der Waals surface area contributed by atoms with Crippen LogP contribution in [0.2, 0.25) is 5.02 Å². The number of halogens is 1. The number of carbonyl (C=O) groups is 1. The predicted molar refractivity (Wildman–Crippen MR) is 76.3 cm³/mol. The van der Waals surface area contributed by atoms with Gasteiger partial charge in [0.15, 0.2) is 0 Å². The summed E-state index contributed by atoms with van der Waals surface area (Å²) in [4.78, 5) is 21.2. The zero-order valence-corrected chi connectivity index (χ0v) is 11.6. The van der Waals surface area contributed by atoms with Gasteiger partial charge in [-0.15, -0.1) is 0 Å². The first-order valence-electron chi connectivity index (χ1n) is 5.84. The van der Waals surface area contributed by atoms with Gasteiger partial charge in [0.2, 0.25) is 5.75 Å². The van der Waals surface area contributed by atoms with Crippen LogP contribution < -0.4 is 4.74 Å². The molecule has 0 atom stereocenters. The standard InChI is InChI=1S/C14H10ClNO5/c1-8-2-4-10(15)7-13(8)21-12-5-3-9(14(17)18)6-11(12)16(19)20/h2-7H,1H3,(H,17,18). The lowest BCUT2D eigenvalue weighted by molar-refractivity contribution is -0.385. The van der Waals surface area contributed by atoms with Crippen molar-refractivity contribution in [3.63, 3.8) is 0 Å². The van der Waals surface area contributed by atoms with E-state index in [1.165, 1.54) is 18.2 Å². The minimum atomic E-state index is -1.25. The number of hydrogen-bond acceptors (Lipinski definition) is 4. The Labute approximate surface area is 124 Å². The SMILES string of the molecule is Cc1ccc(Cl)cc1Oc1ccc(C(=O)O)cc1[N+](=O)[O-]. The highest BCUT2D eigenvalue weighted by Crippen LogP contribution is 2.34. The van der Waals surface area contributed by atoms with Gasteiger partial charge in [0, 0.05) is 11.1 Å². The number of rotatable bonds is 4. The average molecular weight is 308 g/mol. The van der Waals surface area contributed by atoms with Crippen molar-refractivity contribution in [1.82, 2.24) is 0 Å². The Morgan fingerprint density at radius 2 is 1.95 bits per heavy atom. The van der Waals surface area contributed by atoms with E-state index in [1.807, 2.05) is 0 Å². The molecule has 0 radical (unpaired) electrons. The Bertz CT molecular complexity index is 729. The lowest BCUT2D eigenvalue weighted by Gasteiger charge is -2.09. The number of nitro benzene ring substituents is 1. The van der Waals surface area contributed by atoms with Gasteiger partial charge in [0.25, 0.3) is 0 Å². The van der Waals surface area contributed by atoms with Gasteiger partial charge in [0.1, 0.15) is 5.75 Å². The summed E-state index contributed by atoms with van der Waals surface area (Å²) < 4.78 is 5.50. The van der Waals surface area contributed by atoms with Gasteiger partial charge < -0.3 is 9.84 Å². The van der Waals surface area contributed by atoms with Crippen molar-refractivity contribution in [2.45, 2.75) is 6.92 Å². The molecule has 108 valence electrons. The van der Waals surface area contributed by atoms with Crippen molar-refractivity contribution in [2.75, 3.05) is 0 Å². The summed E-state index contributed by atoms with van der Waals surface area (Å²) in [6.45, 7) is 1.77. The van der Waals surface area contributed by atoms with Crippen LogP contribution in [-0.2, 0) is 0 Å². The van der Waals surface area contributed by atoms with E-state index in [0.29, 0.717) is 10.8 Å². The third-order valence-corrected chi connectivity index (χ3v) is 3.01. The van der Waals surface area contributed by atoms with Gasteiger partial charge in [-0.05, 0) is 36.8 Å². The number of aromatic carboxylic acids is 1. The number of nitro groups is 1. The van der Waals surface area contributed by atoms with Crippen molar-refractivity contribution in [3.05, 3.63) is 62.7 Å². The van der Waals surface area contributed by atoms with E-state index in [0.717, 1.165) is 11.6 Å². The molecule has 6 nitrogen and oxygen atoms in total. The molecule has 2 aromatic rings. The summed E-state index contributed by atoms with van der Waals surface area (Å²) in [5, 5.41) is 20.3. The van der Waals surface area contributed by atoms with E-state index in [4.69, 9.17) is 21.4 Å². The second-order valence-electron chi connectivity index (χ2n) is 4.26. The number of aryl methyl sites for hydroxylation is 1. The minimum absolute atomic E-state index is 0.0460. The first-order valence-corrected chi connectivity index (χ1v) is 6.22. The lowest BCUT2D eigenvalue weighted by Crippen LogP contribution is -2.00. The molecule has 1 N–H and O–H groups in total. The summed E-state index contributed by atoms with van der Waals surface area (Å²) in [5.74, 6) is -0.923. The second kappa shape index (κ2) is 5.80. The van der Waals surface area contributed by atoms with Gasteiger partial charge in [-0.25, -0.2) is 4.79 Å². The van der Waals surface area contributed by atoms with E-state index >= 15 is 0 Å². The molecular weight excluding hydrogens is 298 g/mol. The maximum absolute atomic E-state index is 11.0. The number of benzene rings is 2. The largest absolute Gasteiger partial charge is 0.478 e. The Morgan fingerprint density at radius 1 is 1.24 bits per heavy atom. The molecule has 0 aromatic heterocycles. The zero-order valence-electron chi connectivity index (χ0n) is 10.9. The van der Waals surface area contributed by atoms with Crippen molar-refractivity contribution in [3.8, 4) is 11.5 Å². The summed E-state index contributed by atoms with van der Waals surface area (Å²) in [7, 11) is 0. The quantitative estimate of drug-likeness (QED) is 0.680. The third-order valence-electron chi connectivity index (χ3n) is 2.77. The Morgan fingerprint density at radius 3 is 2.57 bits per heavy atom. The van der Waals surface area contributed by atoms with Crippen molar-refractivity contribution >= 4 is 23.3 Å². The molecule has 0 unspecified atom stereocenters. The molecule has 0 aliphatic heterocycles. The summed E-state index contributed by atoms with van der Waals surface area (Å²) in [5.41, 5.74) is 0.141. The van der Waals surface area contributed by atoms with Crippen LogP contribution in [-0.4, -0.2) is 16.0 Å². The van der Waals surface area contributed by atoms with Crippen LogP contribution in [0.1, 0.15) is 15.9 Å². The highest BCUT2D eigenvalue weighted by atomic mass is 35.5. The normalized spacial score (nSPS) is 10.2. The Balaban J connectivity index is 2.46. The maximum atomic E-state index is 11.0. The van der Waals surface area contributed by atoms with E-state index in [1.54, 1.807) is 19.1 Å². The van der Waals surface area contributed by atoms with E-state index < -0.39 is 16.6 Å².